The number of nitrogens with zero attached hydrogens (tertiary/aromatic N) is 3. The number of amides is 1. The van der Waals surface area contributed by atoms with E-state index in [0.29, 0.717) is 57.1 Å². The molecule has 2 aliphatic rings. The van der Waals surface area contributed by atoms with Gasteiger partial charge in [0.05, 0.1) is 11.2 Å². The van der Waals surface area contributed by atoms with Crippen molar-refractivity contribution in [3.8, 4) is 0 Å². The third-order valence-electron chi connectivity index (χ3n) is 6.74. The molecule has 4 rings (SSSR count). The van der Waals surface area contributed by atoms with E-state index < -0.39 is 20.0 Å². The van der Waals surface area contributed by atoms with E-state index in [1.165, 1.54) is 10.6 Å². The Hall–Kier alpha value is -2.31. The normalized spacial score (nSPS) is 19.0. The molecule has 196 valence electrons. The summed E-state index contributed by atoms with van der Waals surface area (Å²) in [7, 11) is -6.68. The summed E-state index contributed by atoms with van der Waals surface area (Å²) in [5.41, 5.74) is 2.08. The summed E-state index contributed by atoms with van der Waals surface area (Å²) in [6.45, 7) is 4.08. The Kier molecular flexibility index (Phi) is 8.46. The highest BCUT2D eigenvalue weighted by Crippen LogP contribution is 2.22. The fraction of sp³-hybridized carbons (Fsp3) is 0.480. The molecule has 9 nitrogen and oxygen atoms in total. The number of nitrogens with one attached hydrogen (secondary N) is 1. The Morgan fingerprint density at radius 2 is 1.33 bits per heavy atom. The first kappa shape index (κ1) is 26.7. The van der Waals surface area contributed by atoms with Gasteiger partial charge in [0.25, 0.3) is 5.91 Å². The van der Waals surface area contributed by atoms with Crippen LogP contribution in [0.4, 0.5) is 5.69 Å². The molecule has 2 aromatic carbocycles. The lowest BCUT2D eigenvalue weighted by Gasteiger charge is -2.33. The fourth-order valence-electron chi connectivity index (χ4n) is 4.58. The van der Waals surface area contributed by atoms with E-state index in [0.717, 1.165) is 31.2 Å². The molecule has 0 bridgehead atoms. The molecular weight excluding hydrogens is 500 g/mol. The molecule has 0 saturated carbocycles. The van der Waals surface area contributed by atoms with Gasteiger partial charge in [0.2, 0.25) is 20.0 Å². The molecule has 0 spiro atoms. The summed E-state index contributed by atoms with van der Waals surface area (Å²) in [6.07, 6.45) is 5.11. The molecule has 0 unspecified atom stereocenters. The van der Waals surface area contributed by atoms with Gasteiger partial charge in [0.1, 0.15) is 0 Å². The Labute approximate surface area is 214 Å². The molecule has 0 radical (unpaired) electrons. The lowest BCUT2D eigenvalue weighted by molar-refractivity contribution is 0.102. The smallest absolute Gasteiger partial charge is 0.255 e. The van der Waals surface area contributed by atoms with E-state index >= 15 is 0 Å². The van der Waals surface area contributed by atoms with Crippen LogP contribution in [-0.4, -0.2) is 81.8 Å². The SMILES string of the molecule is CS(=O)(=O)N1CCN(Cc2ccc(C(=O)Nc3ccc(S(=O)(=O)N4CCCCCC4)cc3)cc2)CC1. The maximum atomic E-state index is 12.9. The highest BCUT2D eigenvalue weighted by Gasteiger charge is 2.25. The molecule has 2 saturated heterocycles. The van der Waals surface area contributed by atoms with Crippen molar-refractivity contribution in [2.75, 3.05) is 50.8 Å². The molecule has 0 aliphatic carbocycles. The van der Waals surface area contributed by atoms with Crippen molar-refractivity contribution in [3.63, 3.8) is 0 Å². The summed E-state index contributed by atoms with van der Waals surface area (Å²) in [5.74, 6) is -0.272. The van der Waals surface area contributed by atoms with Crippen LogP contribution in [0.5, 0.6) is 0 Å². The summed E-state index contributed by atoms with van der Waals surface area (Å²) in [4.78, 5) is 15.1. The minimum atomic E-state index is -3.53. The van der Waals surface area contributed by atoms with Crippen LogP contribution in [0.15, 0.2) is 53.4 Å². The minimum absolute atomic E-state index is 0.240. The van der Waals surface area contributed by atoms with E-state index in [9.17, 15) is 21.6 Å². The van der Waals surface area contributed by atoms with Crippen molar-refractivity contribution in [2.24, 2.45) is 0 Å². The topological polar surface area (TPSA) is 107 Å². The molecule has 2 aliphatic heterocycles. The van der Waals surface area contributed by atoms with Crippen LogP contribution < -0.4 is 5.32 Å². The second-order valence-corrected chi connectivity index (χ2v) is 13.4. The molecule has 1 N–H and O–H groups in total. The third kappa shape index (κ3) is 6.71. The van der Waals surface area contributed by atoms with Crippen molar-refractivity contribution in [1.82, 2.24) is 13.5 Å². The third-order valence-corrected chi connectivity index (χ3v) is 9.95. The van der Waals surface area contributed by atoms with Crippen LogP contribution in [-0.2, 0) is 26.6 Å². The van der Waals surface area contributed by atoms with Gasteiger partial charge < -0.3 is 5.32 Å². The molecular formula is C25H34N4O5S2. The van der Waals surface area contributed by atoms with E-state index in [4.69, 9.17) is 0 Å². The quantitative estimate of drug-likeness (QED) is 0.585. The van der Waals surface area contributed by atoms with E-state index in [-0.39, 0.29) is 10.8 Å². The summed E-state index contributed by atoms with van der Waals surface area (Å²) in [5, 5.41) is 2.83. The first-order valence-corrected chi connectivity index (χ1v) is 15.6. The molecule has 36 heavy (non-hydrogen) atoms. The van der Waals surface area contributed by atoms with Crippen LogP contribution in [0.1, 0.15) is 41.6 Å². The average Bonchev–Trinajstić information content (AvgIpc) is 3.15. The van der Waals surface area contributed by atoms with Crippen LogP contribution in [0.3, 0.4) is 0 Å². The zero-order valence-electron chi connectivity index (χ0n) is 20.6. The van der Waals surface area contributed by atoms with Gasteiger partial charge in [-0.1, -0.05) is 25.0 Å². The van der Waals surface area contributed by atoms with Gasteiger partial charge in [-0.2, -0.15) is 8.61 Å². The predicted molar refractivity (Wildman–Crippen MR) is 140 cm³/mol. The maximum Gasteiger partial charge on any atom is 0.255 e. The molecule has 1 amide bonds. The summed E-state index contributed by atoms with van der Waals surface area (Å²) >= 11 is 0. The highest BCUT2D eigenvalue weighted by molar-refractivity contribution is 7.89. The minimum Gasteiger partial charge on any atom is -0.322 e. The maximum absolute atomic E-state index is 12.9. The average molecular weight is 535 g/mol. The van der Waals surface area contributed by atoms with Crippen LogP contribution in [0, 0.1) is 0 Å². The van der Waals surface area contributed by atoms with Crippen molar-refractivity contribution in [1.29, 1.82) is 0 Å². The van der Waals surface area contributed by atoms with Crippen molar-refractivity contribution in [3.05, 3.63) is 59.7 Å². The van der Waals surface area contributed by atoms with E-state index in [1.54, 1.807) is 40.7 Å². The summed E-state index contributed by atoms with van der Waals surface area (Å²) < 4.78 is 52.2. The molecule has 0 aromatic heterocycles. The molecule has 2 heterocycles. The molecule has 2 fully saturated rings. The van der Waals surface area contributed by atoms with Crippen LogP contribution >= 0.6 is 0 Å². The first-order valence-electron chi connectivity index (χ1n) is 12.3. The van der Waals surface area contributed by atoms with Gasteiger partial charge in [-0.05, 0) is 54.8 Å². The Morgan fingerprint density at radius 3 is 1.89 bits per heavy atom. The van der Waals surface area contributed by atoms with Gasteiger partial charge >= 0.3 is 0 Å². The lowest BCUT2D eigenvalue weighted by Crippen LogP contribution is -2.47. The van der Waals surface area contributed by atoms with Crippen LogP contribution in [0.2, 0.25) is 0 Å². The number of carbonyl (C=O) groups excluding carboxylic acids is 1. The van der Waals surface area contributed by atoms with Crippen LogP contribution in [0.25, 0.3) is 0 Å². The number of anilines is 1. The highest BCUT2D eigenvalue weighted by atomic mass is 32.2. The Balaban J connectivity index is 1.32. The zero-order valence-corrected chi connectivity index (χ0v) is 22.2. The second-order valence-electron chi connectivity index (χ2n) is 9.43. The first-order chi connectivity index (χ1) is 17.1. The number of benzene rings is 2. The standard InChI is InChI=1S/C25H34N4O5S2/c1-35(31,32)28-18-16-27(17-19-28)20-21-6-8-22(9-7-21)25(30)26-23-10-12-24(13-11-23)36(33,34)29-14-4-2-3-5-15-29/h6-13H,2-5,14-20H2,1H3,(H,26,30). The van der Waals surface area contributed by atoms with Gasteiger partial charge in [-0.25, -0.2) is 16.8 Å². The zero-order chi connectivity index (χ0) is 25.8. The van der Waals surface area contributed by atoms with Gasteiger partial charge in [-0.15, -0.1) is 0 Å². The summed E-state index contributed by atoms with van der Waals surface area (Å²) in [6, 6.07) is 13.6. The van der Waals surface area contributed by atoms with Crippen molar-refractivity contribution in [2.45, 2.75) is 37.1 Å². The number of carbonyl (C=O) groups is 1. The van der Waals surface area contributed by atoms with Gasteiger partial charge in [0, 0.05) is 57.1 Å². The fourth-order valence-corrected chi connectivity index (χ4v) is 6.93. The molecule has 2 aromatic rings. The monoisotopic (exact) mass is 534 g/mol. The number of sulfonamides is 2. The number of rotatable bonds is 7. The van der Waals surface area contributed by atoms with Gasteiger partial charge in [0.15, 0.2) is 0 Å². The molecule has 0 atom stereocenters. The Morgan fingerprint density at radius 1 is 0.750 bits per heavy atom. The van der Waals surface area contributed by atoms with Crippen molar-refractivity contribution < 1.29 is 21.6 Å². The van der Waals surface area contributed by atoms with Crippen molar-refractivity contribution >= 4 is 31.6 Å². The largest absolute Gasteiger partial charge is 0.322 e. The number of hydrogen-bond acceptors (Lipinski definition) is 6. The van der Waals surface area contributed by atoms with E-state index in [2.05, 4.69) is 10.2 Å². The van der Waals surface area contributed by atoms with E-state index in [1.807, 2.05) is 12.1 Å². The number of hydrogen-bond donors (Lipinski definition) is 1. The second kappa shape index (κ2) is 11.4. The predicted octanol–water partition coefficient (Wildman–Crippen LogP) is 2.58. The number of piperazine rings is 1. The lowest BCUT2D eigenvalue weighted by atomic mass is 10.1. The Bertz CT molecular complexity index is 1250. The molecule has 11 heteroatoms. The van der Waals surface area contributed by atoms with Gasteiger partial charge in [-0.3, -0.25) is 9.69 Å².